The SMILES string of the molecule is C=C(CC)C(=O)c1ccc(OCC(=O)OC(C)C(=O)OCC(=O)CS(=O)(=O)c2cc3c(s2)S(=O)(=O)N(CCCOC)C[C@@H]3NCC)c(Cl)c1Cl. The van der Waals surface area contributed by atoms with Crippen LogP contribution in [-0.4, -0.2) is 103 Å². The van der Waals surface area contributed by atoms with Crippen molar-refractivity contribution in [2.75, 3.05) is 52.3 Å². The van der Waals surface area contributed by atoms with Gasteiger partial charge in [-0.1, -0.05) is 43.6 Å². The highest BCUT2D eigenvalue weighted by atomic mass is 35.5. The number of Topliss-reactive ketones (excluding diaryl/α,β-unsaturated/α-hetero) is 2. The number of likely N-dealkylation sites (N-methyl/N-ethyl adjacent to an activating group) is 1. The number of carbonyl (C=O) groups excluding carboxylic acids is 4. The third kappa shape index (κ3) is 10.1. The zero-order valence-corrected chi connectivity index (χ0v) is 31.7. The van der Waals surface area contributed by atoms with Crippen LogP contribution >= 0.6 is 34.5 Å². The number of carbonyl (C=O) groups is 4. The first-order valence-corrected chi connectivity index (χ1v) is 19.9. The molecule has 0 radical (unpaired) electrons. The van der Waals surface area contributed by atoms with Crippen LogP contribution in [0.1, 0.15) is 55.6 Å². The number of rotatable bonds is 19. The molecule has 1 aliphatic rings. The van der Waals surface area contributed by atoms with Gasteiger partial charge in [-0.2, -0.15) is 4.31 Å². The van der Waals surface area contributed by atoms with E-state index in [1.807, 2.05) is 6.92 Å². The van der Waals surface area contributed by atoms with E-state index >= 15 is 0 Å². The molecule has 0 aliphatic carbocycles. The second-order valence-electron chi connectivity index (χ2n) is 11.0. The number of thiophene rings is 1. The van der Waals surface area contributed by atoms with Gasteiger partial charge in [0.2, 0.25) is 0 Å². The first-order valence-electron chi connectivity index (χ1n) is 15.3. The molecule has 0 saturated heterocycles. The van der Waals surface area contributed by atoms with Crippen molar-refractivity contribution in [2.24, 2.45) is 0 Å². The molecule has 0 bridgehead atoms. The molecule has 0 fully saturated rings. The molecule has 0 spiro atoms. The lowest BCUT2D eigenvalue weighted by atomic mass is 10.0. The van der Waals surface area contributed by atoms with Gasteiger partial charge in [0.05, 0.1) is 5.02 Å². The molecule has 1 N–H and O–H groups in total. The maximum atomic E-state index is 13.3. The second-order valence-corrected chi connectivity index (χ2v) is 17.1. The molecule has 1 aliphatic heterocycles. The Morgan fingerprint density at radius 3 is 2.48 bits per heavy atom. The van der Waals surface area contributed by atoms with Crippen molar-refractivity contribution in [1.82, 2.24) is 9.62 Å². The normalized spacial score (nSPS) is 16.2. The first kappa shape index (κ1) is 41.5. The number of benzene rings is 1. The van der Waals surface area contributed by atoms with Crippen molar-refractivity contribution in [2.45, 2.75) is 54.2 Å². The number of nitrogens with zero attached hydrogens (tertiary/aromatic N) is 1. The smallest absolute Gasteiger partial charge is 0.347 e. The fourth-order valence-corrected chi connectivity index (χ4v) is 10.3. The molecule has 276 valence electrons. The zero-order chi connectivity index (χ0) is 37.4. The summed E-state index contributed by atoms with van der Waals surface area (Å²) < 4.78 is 74.0. The monoisotopic (exact) mass is 796 g/mol. The lowest BCUT2D eigenvalue weighted by Crippen LogP contribution is -2.43. The molecule has 0 saturated carbocycles. The number of hydrogen-bond donors (Lipinski definition) is 1. The van der Waals surface area contributed by atoms with Crippen molar-refractivity contribution in [3.8, 4) is 5.75 Å². The minimum absolute atomic E-state index is 0.0324. The summed E-state index contributed by atoms with van der Waals surface area (Å²) in [5.74, 6) is -4.63. The number of ether oxygens (including phenoxy) is 4. The summed E-state index contributed by atoms with van der Waals surface area (Å²) >= 11 is 13.0. The first-order chi connectivity index (χ1) is 23.5. The van der Waals surface area contributed by atoms with E-state index in [0.29, 0.717) is 48.5 Å². The molecule has 14 nitrogen and oxygen atoms in total. The standard InChI is InChI=1S/C31H38Cl2N2O12S3/c1-6-18(3)29(38)21-9-10-24(28(33)27(21)32)45-16-25(37)47-19(4)30(39)46-15-20(36)17-49(40,41)26-13-22-23(34-7-2)14-35(11-8-12-44-5)50(42,43)31(22)48-26/h9-10,13,19,23,34H,3,6-8,11-12,14-17H2,1-2,4-5H3/t19?,23-/m0/s1. The summed E-state index contributed by atoms with van der Waals surface area (Å²) in [7, 11) is -6.81. The summed E-state index contributed by atoms with van der Waals surface area (Å²) in [4.78, 5) is 49.7. The van der Waals surface area contributed by atoms with Gasteiger partial charge in [-0.05, 0) is 50.1 Å². The Bertz CT molecular complexity index is 1840. The Morgan fingerprint density at radius 1 is 1.14 bits per heavy atom. The minimum atomic E-state index is -4.32. The van der Waals surface area contributed by atoms with Crippen LogP contribution in [0.5, 0.6) is 5.75 Å². The average Bonchev–Trinajstić information content (AvgIpc) is 3.54. The number of nitrogens with one attached hydrogen (secondary N) is 1. The zero-order valence-electron chi connectivity index (χ0n) is 27.8. The number of methoxy groups -OCH3 is 1. The molecular formula is C31H38Cl2N2O12S3. The second kappa shape index (κ2) is 18.0. The maximum Gasteiger partial charge on any atom is 0.347 e. The number of allylic oxidation sites excluding steroid dienone is 1. The quantitative estimate of drug-likeness (QED) is 0.0937. The maximum absolute atomic E-state index is 13.3. The third-order valence-electron chi connectivity index (χ3n) is 7.30. The van der Waals surface area contributed by atoms with E-state index in [9.17, 15) is 36.0 Å². The van der Waals surface area contributed by atoms with Crippen LogP contribution in [0.3, 0.4) is 0 Å². The number of fused-ring (bicyclic) bond motifs is 1. The predicted octanol–water partition coefficient (Wildman–Crippen LogP) is 3.79. The van der Waals surface area contributed by atoms with E-state index in [4.69, 9.17) is 42.1 Å². The highest BCUT2D eigenvalue weighted by molar-refractivity contribution is 7.95. The van der Waals surface area contributed by atoms with Crippen molar-refractivity contribution >= 4 is 77.9 Å². The van der Waals surface area contributed by atoms with E-state index in [1.54, 1.807) is 6.92 Å². The third-order valence-corrected chi connectivity index (χ3v) is 13.9. The van der Waals surface area contributed by atoms with Crippen LogP contribution in [0.2, 0.25) is 10.0 Å². The van der Waals surface area contributed by atoms with Gasteiger partial charge in [0.25, 0.3) is 10.0 Å². The van der Waals surface area contributed by atoms with Gasteiger partial charge in [0.1, 0.15) is 24.9 Å². The van der Waals surface area contributed by atoms with Crippen LogP contribution < -0.4 is 10.1 Å². The van der Waals surface area contributed by atoms with Crippen LogP contribution in [-0.2, 0) is 48.5 Å². The molecule has 0 amide bonds. The largest absolute Gasteiger partial charge is 0.480 e. The summed E-state index contributed by atoms with van der Waals surface area (Å²) in [5, 5.41) is 2.95. The summed E-state index contributed by atoms with van der Waals surface area (Å²) in [6.07, 6.45) is -0.653. The molecule has 3 rings (SSSR count). The molecule has 1 aromatic heterocycles. The number of ketones is 2. The lowest BCUT2D eigenvalue weighted by Gasteiger charge is -2.32. The highest BCUT2D eigenvalue weighted by Crippen LogP contribution is 2.41. The fourth-order valence-electron chi connectivity index (χ4n) is 4.68. The van der Waals surface area contributed by atoms with Crippen molar-refractivity contribution < 1.29 is 55.0 Å². The van der Waals surface area contributed by atoms with Gasteiger partial charge in [-0.3, -0.25) is 9.59 Å². The molecule has 2 heterocycles. The van der Waals surface area contributed by atoms with E-state index < -0.39 is 74.5 Å². The lowest BCUT2D eigenvalue weighted by molar-refractivity contribution is -0.168. The molecule has 19 heteroatoms. The van der Waals surface area contributed by atoms with Gasteiger partial charge < -0.3 is 24.3 Å². The van der Waals surface area contributed by atoms with Crippen LogP contribution in [0.4, 0.5) is 0 Å². The Balaban J connectivity index is 1.57. The number of halogens is 2. The van der Waals surface area contributed by atoms with Crippen molar-refractivity contribution in [3.63, 3.8) is 0 Å². The van der Waals surface area contributed by atoms with Gasteiger partial charge in [0.15, 0.2) is 40.7 Å². The van der Waals surface area contributed by atoms with Gasteiger partial charge in [0, 0.05) is 44.0 Å². The Kier molecular flexibility index (Phi) is 15.0. The number of hydrogen-bond acceptors (Lipinski definition) is 14. The minimum Gasteiger partial charge on any atom is -0.480 e. The number of esters is 2. The van der Waals surface area contributed by atoms with Crippen molar-refractivity contribution in [1.29, 1.82) is 0 Å². The predicted molar refractivity (Wildman–Crippen MR) is 185 cm³/mol. The summed E-state index contributed by atoms with van der Waals surface area (Å²) in [6.45, 7) is 7.90. The van der Waals surface area contributed by atoms with Crippen LogP contribution in [0, 0.1) is 0 Å². The number of sulfone groups is 1. The molecule has 50 heavy (non-hydrogen) atoms. The fraction of sp³-hybridized carbons (Fsp3) is 0.484. The van der Waals surface area contributed by atoms with E-state index in [0.717, 1.165) is 0 Å². The molecular weight excluding hydrogens is 759 g/mol. The average molecular weight is 798 g/mol. The molecule has 2 aromatic rings. The molecule has 2 atom stereocenters. The van der Waals surface area contributed by atoms with Gasteiger partial charge >= 0.3 is 11.9 Å². The van der Waals surface area contributed by atoms with E-state index in [-0.39, 0.29) is 42.9 Å². The topological polar surface area (TPSA) is 189 Å². The van der Waals surface area contributed by atoms with E-state index in [2.05, 4.69) is 11.9 Å². The number of sulfonamides is 1. The van der Waals surface area contributed by atoms with Crippen molar-refractivity contribution in [3.05, 3.63) is 51.5 Å². The molecule has 1 unspecified atom stereocenters. The Labute approximate surface area is 304 Å². The Morgan fingerprint density at radius 2 is 1.84 bits per heavy atom. The summed E-state index contributed by atoms with van der Waals surface area (Å²) in [5.41, 5.74) is 0.730. The van der Waals surface area contributed by atoms with Gasteiger partial charge in [-0.15, -0.1) is 11.3 Å². The van der Waals surface area contributed by atoms with Crippen LogP contribution in [0.25, 0.3) is 0 Å². The van der Waals surface area contributed by atoms with E-state index in [1.165, 1.54) is 36.5 Å². The highest BCUT2D eigenvalue weighted by Gasteiger charge is 2.40. The van der Waals surface area contributed by atoms with Gasteiger partial charge in [-0.25, -0.2) is 26.4 Å². The molecule has 1 aromatic carbocycles. The van der Waals surface area contributed by atoms with Crippen LogP contribution in [0.15, 0.2) is 38.8 Å². The summed E-state index contributed by atoms with van der Waals surface area (Å²) in [6, 6.07) is 3.49. The Hall–Kier alpha value is -2.90.